The molecule has 2 aliphatic rings. The van der Waals surface area contributed by atoms with E-state index in [2.05, 4.69) is 17.4 Å². The van der Waals surface area contributed by atoms with Crippen molar-refractivity contribution in [1.29, 1.82) is 0 Å². The molecule has 0 unspecified atom stereocenters. The maximum Gasteiger partial charge on any atom is 0.243 e. The molecule has 7 nitrogen and oxygen atoms in total. The van der Waals surface area contributed by atoms with E-state index in [9.17, 15) is 13.2 Å². The van der Waals surface area contributed by atoms with Crippen LogP contribution >= 0.6 is 0 Å². The van der Waals surface area contributed by atoms with Gasteiger partial charge >= 0.3 is 0 Å². The lowest BCUT2D eigenvalue weighted by Crippen LogP contribution is -2.48. The topological polar surface area (TPSA) is 84.9 Å². The van der Waals surface area contributed by atoms with Crippen molar-refractivity contribution in [3.63, 3.8) is 0 Å². The fourth-order valence-corrected chi connectivity index (χ4v) is 6.25. The molecule has 8 heteroatoms. The van der Waals surface area contributed by atoms with E-state index in [1.54, 1.807) is 31.4 Å². The predicted octanol–water partition coefficient (Wildman–Crippen LogP) is 2.96. The molecule has 178 valence electrons. The molecule has 2 aliphatic heterocycles. The third-order valence-electron chi connectivity index (χ3n) is 6.96. The summed E-state index contributed by atoms with van der Waals surface area (Å²) in [6.07, 6.45) is 2.77. The highest BCUT2D eigenvalue weighted by Gasteiger charge is 2.36. The van der Waals surface area contributed by atoms with Gasteiger partial charge in [-0.05, 0) is 55.5 Å². The summed E-state index contributed by atoms with van der Waals surface area (Å²) in [4.78, 5) is 13.2. The van der Waals surface area contributed by atoms with Crippen molar-refractivity contribution >= 4 is 15.9 Å². The van der Waals surface area contributed by atoms with Crippen molar-refractivity contribution in [3.05, 3.63) is 60.2 Å². The lowest BCUT2D eigenvalue weighted by molar-refractivity contribution is -0.126. The van der Waals surface area contributed by atoms with E-state index >= 15 is 0 Å². The van der Waals surface area contributed by atoms with Gasteiger partial charge in [0.05, 0.1) is 12.0 Å². The number of nitrogens with one attached hydrogen (secondary N) is 1. The Balaban J connectivity index is 1.35. The van der Waals surface area contributed by atoms with Gasteiger partial charge in [-0.25, -0.2) is 8.42 Å². The first kappa shape index (κ1) is 23.7. The van der Waals surface area contributed by atoms with E-state index in [1.165, 1.54) is 9.87 Å². The maximum absolute atomic E-state index is 13.0. The Hall–Kier alpha value is -2.42. The van der Waals surface area contributed by atoms with Gasteiger partial charge in [0.15, 0.2) is 0 Å². The number of nitrogens with zero attached hydrogens (tertiary/aromatic N) is 1. The number of hydrogen-bond donors (Lipinski definition) is 1. The lowest BCUT2D eigenvalue weighted by Gasteiger charge is -2.38. The van der Waals surface area contributed by atoms with Crippen molar-refractivity contribution in [2.45, 2.75) is 36.0 Å². The second-order valence-electron chi connectivity index (χ2n) is 8.83. The average Bonchev–Trinajstić information content (AvgIpc) is 2.88. The molecule has 0 radical (unpaired) electrons. The number of carbonyl (C=O) groups is 1. The smallest absolute Gasteiger partial charge is 0.243 e. The zero-order valence-corrected chi connectivity index (χ0v) is 19.9. The molecule has 2 fully saturated rings. The van der Waals surface area contributed by atoms with Crippen LogP contribution in [-0.4, -0.2) is 58.6 Å². The third kappa shape index (κ3) is 5.23. The summed E-state index contributed by atoms with van der Waals surface area (Å²) >= 11 is 0. The molecule has 2 aromatic carbocycles. The number of methoxy groups -OCH3 is 1. The predicted molar refractivity (Wildman–Crippen MR) is 126 cm³/mol. The normalized spacial score (nSPS) is 19.7. The van der Waals surface area contributed by atoms with Crippen molar-refractivity contribution in [2.75, 3.05) is 40.0 Å². The number of benzene rings is 2. The van der Waals surface area contributed by atoms with Gasteiger partial charge in [-0.1, -0.05) is 30.3 Å². The van der Waals surface area contributed by atoms with Crippen LogP contribution in [0.1, 0.15) is 31.2 Å². The van der Waals surface area contributed by atoms with Gasteiger partial charge in [-0.15, -0.1) is 0 Å². The molecular weight excluding hydrogens is 440 g/mol. The van der Waals surface area contributed by atoms with Gasteiger partial charge in [0, 0.05) is 44.2 Å². The lowest BCUT2D eigenvalue weighted by atomic mass is 9.74. The van der Waals surface area contributed by atoms with Crippen LogP contribution in [-0.2, 0) is 25.0 Å². The molecule has 4 rings (SSSR count). The van der Waals surface area contributed by atoms with Crippen molar-refractivity contribution in [3.8, 4) is 5.75 Å². The Labute approximate surface area is 196 Å². The fraction of sp³-hybridized carbons (Fsp3) is 0.480. The SMILES string of the molecule is COc1ccc(S(=O)(=O)N2CCC(C(=O)NCC3(c4ccccc4)CCOCC3)CC2)cc1. The van der Waals surface area contributed by atoms with Crippen LogP contribution in [0.5, 0.6) is 5.75 Å². The molecule has 0 aliphatic carbocycles. The second kappa shape index (κ2) is 10.2. The molecule has 2 aromatic rings. The molecule has 1 amide bonds. The summed E-state index contributed by atoms with van der Waals surface area (Å²) in [6.45, 7) is 2.62. The Morgan fingerprint density at radius 2 is 1.70 bits per heavy atom. The zero-order valence-electron chi connectivity index (χ0n) is 19.0. The summed E-state index contributed by atoms with van der Waals surface area (Å²) in [5.41, 5.74) is 1.11. The Kier molecular flexibility index (Phi) is 7.36. The van der Waals surface area contributed by atoms with Gasteiger partial charge in [0.2, 0.25) is 15.9 Å². The van der Waals surface area contributed by atoms with E-state index in [1.807, 2.05) is 18.2 Å². The Morgan fingerprint density at radius 1 is 1.06 bits per heavy atom. The monoisotopic (exact) mass is 472 g/mol. The standard InChI is InChI=1S/C25H32N2O5S/c1-31-22-7-9-23(10-8-22)33(29,30)27-15-11-20(12-16-27)24(28)26-19-25(13-17-32-18-14-25)21-5-3-2-4-6-21/h2-10,20H,11-19H2,1H3,(H,26,28). The number of carbonyl (C=O) groups excluding carboxylic acids is 1. The van der Waals surface area contributed by atoms with E-state index in [0.717, 1.165) is 12.8 Å². The van der Waals surface area contributed by atoms with Crippen LogP contribution in [0.4, 0.5) is 0 Å². The van der Waals surface area contributed by atoms with Crippen LogP contribution < -0.4 is 10.1 Å². The Morgan fingerprint density at radius 3 is 2.30 bits per heavy atom. The number of hydrogen-bond acceptors (Lipinski definition) is 5. The van der Waals surface area contributed by atoms with Gasteiger partial charge in [-0.3, -0.25) is 4.79 Å². The highest BCUT2D eigenvalue weighted by atomic mass is 32.2. The second-order valence-corrected chi connectivity index (χ2v) is 10.8. The van der Waals surface area contributed by atoms with Gasteiger partial charge in [0.1, 0.15) is 5.75 Å². The number of piperidine rings is 1. The molecule has 0 atom stereocenters. The van der Waals surface area contributed by atoms with E-state index in [0.29, 0.717) is 51.4 Å². The minimum atomic E-state index is -3.58. The largest absolute Gasteiger partial charge is 0.497 e. The first-order valence-corrected chi connectivity index (χ1v) is 12.9. The van der Waals surface area contributed by atoms with Crippen molar-refractivity contribution in [1.82, 2.24) is 9.62 Å². The molecule has 2 heterocycles. The highest BCUT2D eigenvalue weighted by molar-refractivity contribution is 7.89. The summed E-state index contributed by atoms with van der Waals surface area (Å²) in [5, 5.41) is 3.18. The van der Waals surface area contributed by atoms with Crippen molar-refractivity contribution < 1.29 is 22.7 Å². The van der Waals surface area contributed by atoms with Crippen LogP contribution in [0, 0.1) is 5.92 Å². The first-order chi connectivity index (χ1) is 15.9. The summed E-state index contributed by atoms with van der Waals surface area (Å²) < 4.78 is 38.1. The van der Waals surface area contributed by atoms with Crippen molar-refractivity contribution in [2.24, 2.45) is 5.92 Å². The molecule has 1 N–H and O–H groups in total. The highest BCUT2D eigenvalue weighted by Crippen LogP contribution is 2.34. The number of rotatable bonds is 7. The minimum absolute atomic E-state index is 0.0123. The van der Waals surface area contributed by atoms with Gasteiger partial charge in [0.25, 0.3) is 0 Å². The van der Waals surface area contributed by atoms with Crippen LogP contribution in [0.3, 0.4) is 0 Å². The van der Waals surface area contributed by atoms with Gasteiger partial charge < -0.3 is 14.8 Å². The number of ether oxygens (including phenoxy) is 2. The molecular formula is C25H32N2O5S. The summed E-state index contributed by atoms with van der Waals surface area (Å²) in [6, 6.07) is 16.7. The minimum Gasteiger partial charge on any atom is -0.497 e. The number of amides is 1. The summed E-state index contributed by atoms with van der Waals surface area (Å²) in [7, 11) is -2.03. The molecule has 0 saturated carbocycles. The third-order valence-corrected chi connectivity index (χ3v) is 8.87. The zero-order chi connectivity index (χ0) is 23.3. The first-order valence-electron chi connectivity index (χ1n) is 11.5. The molecule has 2 saturated heterocycles. The van der Waals surface area contributed by atoms with E-state index in [4.69, 9.17) is 9.47 Å². The maximum atomic E-state index is 13.0. The molecule has 33 heavy (non-hydrogen) atoms. The van der Waals surface area contributed by atoms with E-state index < -0.39 is 10.0 Å². The molecule has 0 bridgehead atoms. The van der Waals surface area contributed by atoms with Crippen LogP contribution in [0.25, 0.3) is 0 Å². The molecule has 0 aromatic heterocycles. The van der Waals surface area contributed by atoms with Crippen LogP contribution in [0.2, 0.25) is 0 Å². The van der Waals surface area contributed by atoms with E-state index in [-0.39, 0.29) is 22.1 Å². The quantitative estimate of drug-likeness (QED) is 0.670. The van der Waals surface area contributed by atoms with Gasteiger partial charge in [-0.2, -0.15) is 4.31 Å². The van der Waals surface area contributed by atoms with Crippen LogP contribution in [0.15, 0.2) is 59.5 Å². The summed E-state index contributed by atoms with van der Waals surface area (Å²) in [5.74, 6) is 0.445. The number of sulfonamides is 1. The molecule has 0 spiro atoms. The Bertz CT molecular complexity index is 1030. The average molecular weight is 473 g/mol. The fourth-order valence-electron chi connectivity index (χ4n) is 4.78.